The smallest absolute Gasteiger partial charge is 0.301 e. The van der Waals surface area contributed by atoms with Crippen molar-refractivity contribution in [3.05, 3.63) is 82.9 Å². The third-order valence-corrected chi connectivity index (χ3v) is 6.01. The van der Waals surface area contributed by atoms with E-state index in [1.807, 2.05) is 6.92 Å². The number of benzene rings is 2. The lowest BCUT2D eigenvalue weighted by Crippen LogP contribution is -2.29. The summed E-state index contributed by atoms with van der Waals surface area (Å²) in [5, 5.41) is 20.2. The van der Waals surface area contributed by atoms with Crippen molar-refractivity contribution in [3.8, 4) is 11.5 Å². The van der Waals surface area contributed by atoms with E-state index < -0.39 is 17.7 Å². The number of amides is 1. The van der Waals surface area contributed by atoms with Crippen LogP contribution in [0.1, 0.15) is 29.1 Å². The van der Waals surface area contributed by atoms with Crippen LogP contribution >= 0.6 is 11.3 Å². The fourth-order valence-corrected chi connectivity index (χ4v) is 4.38. The molecule has 34 heavy (non-hydrogen) atoms. The van der Waals surface area contributed by atoms with Crippen molar-refractivity contribution >= 4 is 33.9 Å². The molecule has 9 heteroatoms. The SMILES string of the molecule is C=CCOc1ccc(C2C(=C(O)c3ccc(OCC)cc3)C(=O)C(=O)N2c2nnc(C)s2)cc1. The molecule has 2 aromatic carbocycles. The zero-order valence-corrected chi connectivity index (χ0v) is 19.5. The number of aliphatic hydroxyl groups excluding tert-OH is 1. The summed E-state index contributed by atoms with van der Waals surface area (Å²) in [4.78, 5) is 27.6. The molecule has 0 bridgehead atoms. The monoisotopic (exact) mass is 477 g/mol. The van der Waals surface area contributed by atoms with Gasteiger partial charge in [0.1, 0.15) is 28.9 Å². The lowest BCUT2D eigenvalue weighted by atomic mass is 9.95. The number of aryl methyl sites for hydroxylation is 1. The standard InChI is InChI=1S/C25H23N3O5S/c1-4-14-33-19-10-6-16(7-11-19)21-20(22(29)17-8-12-18(13-9-17)32-5-2)23(30)24(31)28(21)25-27-26-15(3)34-25/h4,6-13,21,29H,1,5,14H2,2-3H3. The van der Waals surface area contributed by atoms with E-state index in [-0.39, 0.29) is 16.5 Å². The van der Waals surface area contributed by atoms with Crippen molar-refractivity contribution < 1.29 is 24.2 Å². The van der Waals surface area contributed by atoms with Gasteiger partial charge in [-0.3, -0.25) is 14.5 Å². The van der Waals surface area contributed by atoms with E-state index in [2.05, 4.69) is 16.8 Å². The number of carbonyl (C=O) groups is 2. The van der Waals surface area contributed by atoms with Crippen molar-refractivity contribution in [2.24, 2.45) is 0 Å². The van der Waals surface area contributed by atoms with Gasteiger partial charge in [0.25, 0.3) is 5.78 Å². The van der Waals surface area contributed by atoms with Gasteiger partial charge in [-0.2, -0.15) is 0 Å². The van der Waals surface area contributed by atoms with Gasteiger partial charge in [0.15, 0.2) is 0 Å². The molecule has 3 aromatic rings. The number of ketones is 1. The van der Waals surface area contributed by atoms with Crippen LogP contribution < -0.4 is 14.4 Å². The Kier molecular flexibility index (Phi) is 6.74. The molecule has 1 amide bonds. The Morgan fingerprint density at radius 3 is 2.32 bits per heavy atom. The first-order valence-electron chi connectivity index (χ1n) is 10.6. The van der Waals surface area contributed by atoms with Crippen LogP contribution in [0.5, 0.6) is 11.5 Å². The molecule has 0 radical (unpaired) electrons. The Balaban J connectivity index is 1.82. The van der Waals surface area contributed by atoms with Crippen LogP contribution in [0.25, 0.3) is 5.76 Å². The van der Waals surface area contributed by atoms with E-state index in [0.29, 0.717) is 40.8 Å². The van der Waals surface area contributed by atoms with E-state index in [1.165, 1.54) is 16.2 Å². The topological polar surface area (TPSA) is 102 Å². The molecule has 1 atom stereocenters. The quantitative estimate of drug-likeness (QED) is 0.222. The Hall–Kier alpha value is -3.98. The Labute approximate surface area is 200 Å². The van der Waals surface area contributed by atoms with Crippen LogP contribution in [0, 0.1) is 6.92 Å². The Morgan fingerprint density at radius 1 is 1.09 bits per heavy atom. The molecule has 1 fully saturated rings. The maximum atomic E-state index is 13.2. The second kappa shape index (κ2) is 9.88. The number of aliphatic hydroxyl groups is 1. The van der Waals surface area contributed by atoms with Gasteiger partial charge in [-0.25, -0.2) is 0 Å². The summed E-state index contributed by atoms with van der Waals surface area (Å²) in [6, 6.07) is 12.8. The highest BCUT2D eigenvalue weighted by atomic mass is 32.1. The van der Waals surface area contributed by atoms with Crippen LogP contribution in [-0.4, -0.2) is 40.2 Å². The van der Waals surface area contributed by atoms with Crippen LogP contribution in [0.2, 0.25) is 0 Å². The van der Waals surface area contributed by atoms with E-state index in [1.54, 1.807) is 61.5 Å². The minimum atomic E-state index is -0.882. The number of Topliss-reactive ketones (excluding diaryl/α,β-unsaturated/α-hetero) is 1. The zero-order chi connectivity index (χ0) is 24.2. The van der Waals surface area contributed by atoms with E-state index in [4.69, 9.17) is 9.47 Å². The number of hydrogen-bond acceptors (Lipinski definition) is 8. The first kappa shape index (κ1) is 23.2. The Bertz CT molecular complexity index is 1250. The summed E-state index contributed by atoms with van der Waals surface area (Å²) in [7, 11) is 0. The molecule has 174 valence electrons. The minimum absolute atomic E-state index is 0.0261. The number of anilines is 1. The summed E-state index contributed by atoms with van der Waals surface area (Å²) in [6.07, 6.45) is 1.64. The largest absolute Gasteiger partial charge is 0.507 e. The van der Waals surface area contributed by atoms with Gasteiger partial charge in [0.05, 0.1) is 18.2 Å². The average molecular weight is 478 g/mol. The molecule has 1 aliphatic heterocycles. The third kappa shape index (κ3) is 4.42. The van der Waals surface area contributed by atoms with Crippen molar-refractivity contribution in [2.45, 2.75) is 19.9 Å². The van der Waals surface area contributed by atoms with Gasteiger partial charge < -0.3 is 14.6 Å². The van der Waals surface area contributed by atoms with Crippen LogP contribution in [0.3, 0.4) is 0 Å². The van der Waals surface area contributed by atoms with Gasteiger partial charge >= 0.3 is 5.91 Å². The van der Waals surface area contributed by atoms with Gasteiger partial charge in [0, 0.05) is 5.56 Å². The van der Waals surface area contributed by atoms with Crippen LogP contribution in [0.4, 0.5) is 5.13 Å². The van der Waals surface area contributed by atoms with E-state index in [9.17, 15) is 14.7 Å². The first-order valence-corrected chi connectivity index (χ1v) is 11.4. The molecule has 1 saturated heterocycles. The maximum absolute atomic E-state index is 13.2. The number of rotatable bonds is 8. The number of ether oxygens (including phenoxy) is 2. The molecule has 1 aromatic heterocycles. The molecular weight excluding hydrogens is 454 g/mol. The maximum Gasteiger partial charge on any atom is 0.301 e. The second-order valence-corrected chi connectivity index (χ2v) is 8.56. The molecule has 1 aliphatic rings. The first-order chi connectivity index (χ1) is 16.4. The molecule has 0 saturated carbocycles. The fourth-order valence-electron chi connectivity index (χ4n) is 3.66. The zero-order valence-electron chi connectivity index (χ0n) is 18.7. The molecule has 0 spiro atoms. The summed E-state index contributed by atoms with van der Waals surface area (Å²) < 4.78 is 11.0. The molecule has 4 rings (SSSR count). The highest BCUT2D eigenvalue weighted by Gasteiger charge is 2.48. The van der Waals surface area contributed by atoms with Gasteiger partial charge in [-0.05, 0) is 55.8 Å². The molecular formula is C25H23N3O5S. The Morgan fingerprint density at radius 2 is 1.74 bits per heavy atom. The van der Waals surface area contributed by atoms with Crippen molar-refractivity contribution in [3.63, 3.8) is 0 Å². The number of hydrogen-bond donors (Lipinski definition) is 1. The highest BCUT2D eigenvalue weighted by Crippen LogP contribution is 2.43. The van der Waals surface area contributed by atoms with Crippen molar-refractivity contribution in [1.82, 2.24) is 10.2 Å². The lowest BCUT2D eigenvalue weighted by Gasteiger charge is -2.22. The predicted octanol–water partition coefficient (Wildman–Crippen LogP) is 4.44. The number of nitrogens with zero attached hydrogens (tertiary/aromatic N) is 3. The number of aromatic nitrogens is 2. The number of carbonyl (C=O) groups excluding carboxylic acids is 2. The second-order valence-electron chi connectivity index (χ2n) is 7.40. The summed E-state index contributed by atoms with van der Waals surface area (Å²) in [5.41, 5.74) is 0.984. The van der Waals surface area contributed by atoms with Crippen molar-refractivity contribution in [1.29, 1.82) is 0 Å². The highest BCUT2D eigenvalue weighted by molar-refractivity contribution is 7.15. The van der Waals surface area contributed by atoms with Crippen molar-refractivity contribution in [2.75, 3.05) is 18.1 Å². The van der Waals surface area contributed by atoms with E-state index >= 15 is 0 Å². The minimum Gasteiger partial charge on any atom is -0.507 e. The van der Waals surface area contributed by atoms with Crippen LogP contribution in [-0.2, 0) is 9.59 Å². The average Bonchev–Trinajstić information content (AvgIpc) is 3.38. The summed E-state index contributed by atoms with van der Waals surface area (Å²) in [5.74, 6) is -0.603. The fraction of sp³-hybridized carbons (Fsp3) is 0.200. The van der Waals surface area contributed by atoms with E-state index in [0.717, 1.165) is 0 Å². The predicted molar refractivity (Wildman–Crippen MR) is 129 cm³/mol. The molecule has 2 heterocycles. The molecule has 1 N–H and O–H groups in total. The summed E-state index contributed by atoms with van der Waals surface area (Å²) in [6.45, 7) is 8.12. The lowest BCUT2D eigenvalue weighted by molar-refractivity contribution is -0.132. The molecule has 1 unspecified atom stereocenters. The molecule has 8 nitrogen and oxygen atoms in total. The molecule has 0 aliphatic carbocycles. The normalized spacial score (nSPS) is 17.1. The van der Waals surface area contributed by atoms with Gasteiger partial charge in [-0.1, -0.05) is 36.1 Å². The summed E-state index contributed by atoms with van der Waals surface area (Å²) >= 11 is 1.19. The van der Waals surface area contributed by atoms with Crippen LogP contribution in [0.15, 0.2) is 66.8 Å². The third-order valence-electron chi connectivity index (χ3n) is 5.17. The van der Waals surface area contributed by atoms with Gasteiger partial charge in [0.2, 0.25) is 5.13 Å². The van der Waals surface area contributed by atoms with Gasteiger partial charge in [-0.15, -0.1) is 10.2 Å².